The van der Waals surface area contributed by atoms with E-state index in [0.717, 1.165) is 77.0 Å². The zero-order valence-corrected chi connectivity index (χ0v) is 35.2. The number of aliphatic hydroxyl groups excluding tert-OH is 1. The third-order valence-corrected chi connectivity index (χ3v) is 9.48. The predicted octanol–water partition coefficient (Wildman–Crippen LogP) is 14.5. The highest BCUT2D eigenvalue weighted by Gasteiger charge is 2.16. The summed E-state index contributed by atoms with van der Waals surface area (Å²) in [5, 5.41) is 9.59. The molecule has 0 unspecified atom stereocenters. The molecular formula is C49H84O5. The molecule has 0 aromatic carbocycles. The van der Waals surface area contributed by atoms with Gasteiger partial charge in [0.2, 0.25) is 0 Å². The van der Waals surface area contributed by atoms with Gasteiger partial charge in [0.05, 0.1) is 6.61 Å². The Morgan fingerprint density at radius 3 is 1.24 bits per heavy atom. The van der Waals surface area contributed by atoms with E-state index in [2.05, 4.69) is 86.8 Å². The monoisotopic (exact) mass is 753 g/mol. The molecule has 5 nitrogen and oxygen atoms in total. The maximum atomic E-state index is 12.2. The van der Waals surface area contributed by atoms with Crippen molar-refractivity contribution in [2.75, 3.05) is 13.2 Å². The number of hydrogen-bond donors (Lipinski definition) is 1. The molecule has 0 aromatic rings. The standard InChI is InChI=1S/C49H84O5/c1-3-5-7-9-11-13-15-17-19-21-23-24-26-27-29-31-33-35-37-39-41-43-48(51)53-46-47(45-50)54-49(52)44-42-40-38-36-34-32-30-28-25-22-20-18-16-14-12-10-8-6-4-2/h6,8,12,14,17-20,25,28,32,34,47,50H,3-5,7,9-11,13,15-16,21-24,26-27,29-31,33,35-46H2,1-2H3/t47-/m0/s1. The van der Waals surface area contributed by atoms with Gasteiger partial charge in [0.25, 0.3) is 0 Å². The Hall–Kier alpha value is -2.66. The molecule has 0 radical (unpaired) electrons. The summed E-state index contributed by atoms with van der Waals surface area (Å²) in [6.07, 6.45) is 59.7. The van der Waals surface area contributed by atoms with Crippen molar-refractivity contribution in [2.45, 2.75) is 213 Å². The van der Waals surface area contributed by atoms with Crippen LogP contribution in [-0.2, 0) is 19.1 Å². The van der Waals surface area contributed by atoms with E-state index in [1.54, 1.807) is 0 Å². The van der Waals surface area contributed by atoms with Crippen molar-refractivity contribution < 1.29 is 24.2 Å². The zero-order valence-electron chi connectivity index (χ0n) is 35.2. The molecular weight excluding hydrogens is 669 g/mol. The van der Waals surface area contributed by atoms with Gasteiger partial charge in [-0.1, -0.05) is 183 Å². The first-order valence-corrected chi connectivity index (χ1v) is 22.5. The molecule has 0 amide bonds. The zero-order chi connectivity index (χ0) is 39.3. The van der Waals surface area contributed by atoms with Crippen LogP contribution in [0.1, 0.15) is 206 Å². The van der Waals surface area contributed by atoms with Gasteiger partial charge in [0, 0.05) is 12.8 Å². The summed E-state index contributed by atoms with van der Waals surface area (Å²) in [5.41, 5.74) is 0. The molecule has 1 atom stereocenters. The third kappa shape index (κ3) is 42.1. The van der Waals surface area contributed by atoms with E-state index in [-0.39, 0.29) is 25.2 Å². The molecule has 0 saturated carbocycles. The number of hydrogen-bond acceptors (Lipinski definition) is 5. The number of aliphatic hydroxyl groups is 1. The number of esters is 2. The van der Waals surface area contributed by atoms with Gasteiger partial charge in [-0.25, -0.2) is 0 Å². The molecule has 0 aromatic heterocycles. The van der Waals surface area contributed by atoms with Crippen LogP contribution in [0.2, 0.25) is 0 Å². The largest absolute Gasteiger partial charge is 0.462 e. The highest BCUT2D eigenvalue weighted by molar-refractivity contribution is 5.70. The van der Waals surface area contributed by atoms with Crippen LogP contribution >= 0.6 is 0 Å². The molecule has 0 aliphatic heterocycles. The fourth-order valence-corrected chi connectivity index (χ4v) is 6.10. The second kappa shape index (κ2) is 44.7. The van der Waals surface area contributed by atoms with Crippen LogP contribution in [0, 0.1) is 0 Å². The van der Waals surface area contributed by atoms with Gasteiger partial charge in [0.1, 0.15) is 6.61 Å². The molecule has 0 saturated heterocycles. The summed E-state index contributed by atoms with van der Waals surface area (Å²) in [6, 6.07) is 0. The lowest BCUT2D eigenvalue weighted by atomic mass is 10.0. The summed E-state index contributed by atoms with van der Waals surface area (Å²) >= 11 is 0. The lowest BCUT2D eigenvalue weighted by Crippen LogP contribution is -2.28. The SMILES string of the molecule is CCC=CCC=CCC=CCC=CCC=CCCCCCC(=O)O[C@@H](CO)COC(=O)CCCCCCCCCCCCCC=CCCCCCCCC. The molecule has 0 rings (SSSR count). The average Bonchev–Trinajstić information content (AvgIpc) is 3.17. The third-order valence-electron chi connectivity index (χ3n) is 9.48. The van der Waals surface area contributed by atoms with E-state index >= 15 is 0 Å². The first kappa shape index (κ1) is 51.3. The number of carbonyl (C=O) groups excluding carboxylic acids is 2. The van der Waals surface area contributed by atoms with Crippen molar-refractivity contribution in [3.8, 4) is 0 Å². The number of allylic oxidation sites excluding steroid dienone is 12. The van der Waals surface area contributed by atoms with Gasteiger partial charge in [-0.15, -0.1) is 0 Å². The second-order valence-electron chi connectivity index (χ2n) is 14.7. The Labute approximate surface area is 333 Å². The van der Waals surface area contributed by atoms with Gasteiger partial charge in [-0.05, 0) is 83.5 Å². The normalized spacial score (nSPS) is 12.9. The van der Waals surface area contributed by atoms with Crippen LogP contribution in [0.15, 0.2) is 72.9 Å². The van der Waals surface area contributed by atoms with Crippen molar-refractivity contribution in [2.24, 2.45) is 0 Å². The summed E-state index contributed by atoms with van der Waals surface area (Å²) in [4.78, 5) is 24.4. The Morgan fingerprint density at radius 1 is 0.444 bits per heavy atom. The maximum absolute atomic E-state index is 12.2. The van der Waals surface area contributed by atoms with Gasteiger partial charge >= 0.3 is 11.9 Å². The lowest BCUT2D eigenvalue weighted by Gasteiger charge is -2.15. The predicted molar refractivity (Wildman–Crippen MR) is 233 cm³/mol. The minimum Gasteiger partial charge on any atom is -0.462 e. The van der Waals surface area contributed by atoms with Gasteiger partial charge in [-0.2, -0.15) is 0 Å². The maximum Gasteiger partial charge on any atom is 0.306 e. The molecule has 0 fully saturated rings. The van der Waals surface area contributed by atoms with Crippen molar-refractivity contribution in [1.82, 2.24) is 0 Å². The Balaban J connectivity index is 3.59. The molecule has 1 N–H and O–H groups in total. The number of carbonyl (C=O) groups is 2. The van der Waals surface area contributed by atoms with E-state index in [1.807, 2.05) is 0 Å². The van der Waals surface area contributed by atoms with Crippen LogP contribution in [0.5, 0.6) is 0 Å². The molecule has 0 bridgehead atoms. The molecule has 310 valence electrons. The van der Waals surface area contributed by atoms with Gasteiger partial charge in [-0.3, -0.25) is 9.59 Å². The minimum atomic E-state index is -0.792. The molecule has 0 spiro atoms. The fourth-order valence-electron chi connectivity index (χ4n) is 6.10. The van der Waals surface area contributed by atoms with Crippen LogP contribution < -0.4 is 0 Å². The van der Waals surface area contributed by atoms with Crippen molar-refractivity contribution in [3.05, 3.63) is 72.9 Å². The quantitative estimate of drug-likeness (QED) is 0.0383. The number of ether oxygens (including phenoxy) is 2. The van der Waals surface area contributed by atoms with Crippen LogP contribution in [0.25, 0.3) is 0 Å². The van der Waals surface area contributed by atoms with E-state index in [1.165, 1.54) is 103 Å². The molecule has 0 aliphatic carbocycles. The number of unbranched alkanes of at least 4 members (excludes halogenated alkanes) is 20. The van der Waals surface area contributed by atoms with Gasteiger partial charge < -0.3 is 14.6 Å². The Kier molecular flexibility index (Phi) is 42.5. The smallest absolute Gasteiger partial charge is 0.306 e. The molecule has 0 aliphatic rings. The Morgan fingerprint density at radius 2 is 0.796 bits per heavy atom. The van der Waals surface area contributed by atoms with E-state index in [0.29, 0.717) is 12.8 Å². The number of rotatable bonds is 40. The summed E-state index contributed by atoms with van der Waals surface area (Å²) < 4.78 is 10.6. The molecule has 54 heavy (non-hydrogen) atoms. The van der Waals surface area contributed by atoms with Crippen LogP contribution in [-0.4, -0.2) is 36.4 Å². The Bertz CT molecular complexity index is 988. The van der Waals surface area contributed by atoms with Crippen LogP contribution in [0.3, 0.4) is 0 Å². The van der Waals surface area contributed by atoms with Crippen LogP contribution in [0.4, 0.5) is 0 Å². The summed E-state index contributed by atoms with van der Waals surface area (Å²) in [7, 11) is 0. The molecule has 5 heteroatoms. The van der Waals surface area contributed by atoms with E-state index in [4.69, 9.17) is 9.47 Å². The van der Waals surface area contributed by atoms with Crippen molar-refractivity contribution in [3.63, 3.8) is 0 Å². The van der Waals surface area contributed by atoms with E-state index < -0.39 is 6.10 Å². The van der Waals surface area contributed by atoms with Gasteiger partial charge in [0.15, 0.2) is 6.10 Å². The van der Waals surface area contributed by atoms with Crippen molar-refractivity contribution in [1.29, 1.82) is 0 Å². The lowest BCUT2D eigenvalue weighted by molar-refractivity contribution is -0.161. The first-order valence-electron chi connectivity index (χ1n) is 22.5. The minimum absolute atomic E-state index is 0.0822. The highest BCUT2D eigenvalue weighted by atomic mass is 16.6. The van der Waals surface area contributed by atoms with E-state index in [9.17, 15) is 14.7 Å². The topological polar surface area (TPSA) is 72.8 Å². The van der Waals surface area contributed by atoms with Crippen molar-refractivity contribution >= 4 is 11.9 Å². The average molecular weight is 753 g/mol. The highest BCUT2D eigenvalue weighted by Crippen LogP contribution is 2.14. The molecule has 0 heterocycles. The first-order chi connectivity index (χ1) is 26.6. The summed E-state index contributed by atoms with van der Waals surface area (Å²) in [5.74, 6) is -0.630. The second-order valence-corrected chi connectivity index (χ2v) is 14.7. The fraction of sp³-hybridized carbons (Fsp3) is 0.714. The summed E-state index contributed by atoms with van der Waals surface area (Å²) in [6.45, 7) is 4.00.